The molecule has 0 spiro atoms. The van der Waals surface area contributed by atoms with Gasteiger partial charge in [-0.2, -0.15) is 0 Å². The Balaban J connectivity index is 1.86. The second-order valence-electron chi connectivity index (χ2n) is 11.6. The lowest BCUT2D eigenvalue weighted by molar-refractivity contribution is -0.141. The number of methoxy groups -OCH3 is 2. The quantitative estimate of drug-likeness (QED) is 0.313. The number of hydrogen-bond acceptors (Lipinski definition) is 6. The lowest BCUT2D eigenvalue weighted by Gasteiger charge is -2.12. The first-order valence-corrected chi connectivity index (χ1v) is 15.5. The molecule has 0 bridgehead atoms. The number of carbonyl (C=O) groups excluding carboxylic acids is 4. The minimum atomic E-state index is -0.310. The number of allylic oxidation sites excluding steroid dienone is 1. The van der Waals surface area contributed by atoms with Crippen molar-refractivity contribution in [2.24, 2.45) is 4.99 Å². The predicted molar refractivity (Wildman–Crippen MR) is 173 cm³/mol. The van der Waals surface area contributed by atoms with Crippen molar-refractivity contribution in [3.05, 3.63) is 66.6 Å². The maximum Gasteiger partial charge on any atom is 0.305 e. The highest BCUT2D eigenvalue weighted by atomic mass is 16.5. The van der Waals surface area contributed by atoms with E-state index in [0.717, 1.165) is 61.1 Å². The molecule has 0 saturated carbocycles. The molecule has 2 aliphatic rings. The molecule has 10 nitrogen and oxygen atoms in total. The first kappa shape index (κ1) is 33.4. The highest BCUT2D eigenvalue weighted by molar-refractivity contribution is 6.30. The van der Waals surface area contributed by atoms with E-state index >= 15 is 0 Å². The van der Waals surface area contributed by atoms with Crippen molar-refractivity contribution in [2.75, 3.05) is 14.2 Å². The highest BCUT2D eigenvalue weighted by Gasteiger charge is 2.29. The summed E-state index contributed by atoms with van der Waals surface area (Å²) >= 11 is 0. The fourth-order valence-electron chi connectivity index (χ4n) is 6.31. The lowest BCUT2D eigenvalue weighted by atomic mass is 9.98. The number of hydrogen-bond donors (Lipinski definition) is 3. The third-order valence-corrected chi connectivity index (χ3v) is 9.15. The largest absolute Gasteiger partial charge is 0.469 e. The molecule has 0 saturated heterocycles. The monoisotopic (exact) mass is 616 g/mol. The molecular formula is C35H44N4O6. The maximum absolute atomic E-state index is 12.5. The normalized spacial score (nSPS) is 17.5. The third kappa shape index (κ3) is 6.95. The molecule has 0 radical (unpaired) electrons. The summed E-state index contributed by atoms with van der Waals surface area (Å²) in [7, 11) is 2.75. The zero-order valence-corrected chi connectivity index (χ0v) is 27.6. The van der Waals surface area contributed by atoms with E-state index in [1.807, 2.05) is 46.8 Å². The van der Waals surface area contributed by atoms with E-state index in [1.165, 1.54) is 14.2 Å². The van der Waals surface area contributed by atoms with Crippen LogP contribution < -0.4 is 16.0 Å². The minimum Gasteiger partial charge on any atom is -0.469 e. The molecule has 4 heterocycles. The van der Waals surface area contributed by atoms with Crippen LogP contribution in [0.1, 0.15) is 87.0 Å². The van der Waals surface area contributed by atoms with E-state index in [4.69, 9.17) is 9.47 Å². The van der Waals surface area contributed by atoms with Crippen LogP contribution in [0.2, 0.25) is 0 Å². The summed E-state index contributed by atoms with van der Waals surface area (Å²) in [6, 6.07) is -0.116. The summed E-state index contributed by atoms with van der Waals surface area (Å²) in [4.78, 5) is 60.6. The number of esters is 2. The van der Waals surface area contributed by atoms with Gasteiger partial charge in [0.1, 0.15) is 0 Å². The number of rotatable bonds is 12. The lowest BCUT2D eigenvalue weighted by Crippen LogP contribution is -2.30. The van der Waals surface area contributed by atoms with E-state index in [2.05, 4.69) is 20.3 Å². The second kappa shape index (κ2) is 14.1. The van der Waals surface area contributed by atoms with Crippen molar-refractivity contribution >= 4 is 41.6 Å². The number of aliphatic imine (C=N–C) groups is 1. The zero-order chi connectivity index (χ0) is 33.0. The Morgan fingerprint density at radius 2 is 1.44 bits per heavy atom. The van der Waals surface area contributed by atoms with E-state index in [0.29, 0.717) is 43.4 Å². The standard InChI is InChI=1S/C35H44N4O6/c1-9-22-21(6)34(42)39-29(22)16-27-20(5)25(12-14-33(41)45-8)31(37-27)17-30-24(11-13-32(40)44-7)19(4)26(36-30)15-28-18(3)23(10-2)35(43)38-28/h16-17,28,36-37H,9-15H2,1-8H3,(H,38,43)/t28-/m1/s1. The number of amides is 2. The smallest absolute Gasteiger partial charge is 0.305 e. The van der Waals surface area contributed by atoms with Crippen LogP contribution in [-0.2, 0) is 47.9 Å². The van der Waals surface area contributed by atoms with E-state index < -0.39 is 0 Å². The van der Waals surface area contributed by atoms with E-state index in [1.54, 1.807) is 6.92 Å². The fourth-order valence-corrected chi connectivity index (χ4v) is 6.31. The molecule has 2 aromatic rings. The minimum absolute atomic E-state index is 0.0207. The van der Waals surface area contributed by atoms with Gasteiger partial charge >= 0.3 is 11.9 Å². The number of aromatic amines is 2. The maximum atomic E-state index is 12.5. The van der Waals surface area contributed by atoms with Gasteiger partial charge in [-0.05, 0) is 98.9 Å². The van der Waals surface area contributed by atoms with Gasteiger partial charge in [0, 0.05) is 52.5 Å². The molecule has 2 amide bonds. The molecule has 1 atom stereocenters. The van der Waals surface area contributed by atoms with Crippen LogP contribution >= 0.6 is 0 Å². The summed E-state index contributed by atoms with van der Waals surface area (Å²) in [5.74, 6) is -0.854. The van der Waals surface area contributed by atoms with Gasteiger partial charge in [0.15, 0.2) is 0 Å². The molecular weight excluding hydrogens is 572 g/mol. The molecule has 4 rings (SSSR count). The number of carbonyl (C=O) groups is 4. The first-order valence-electron chi connectivity index (χ1n) is 15.5. The molecule has 0 aromatic carbocycles. The molecule has 240 valence electrons. The molecule has 0 unspecified atom stereocenters. The molecule has 10 heteroatoms. The average molecular weight is 617 g/mol. The van der Waals surface area contributed by atoms with Crippen LogP contribution in [0.5, 0.6) is 0 Å². The van der Waals surface area contributed by atoms with Crippen molar-refractivity contribution < 1.29 is 28.7 Å². The first-order chi connectivity index (χ1) is 21.4. The Hall–Kier alpha value is -4.47. The molecule has 45 heavy (non-hydrogen) atoms. The topological polar surface area (TPSA) is 143 Å². The number of aromatic nitrogens is 2. The Bertz CT molecular complexity index is 1760. The van der Waals surface area contributed by atoms with Crippen LogP contribution in [0, 0.1) is 13.8 Å². The predicted octanol–water partition coefficient (Wildman–Crippen LogP) is 3.26. The van der Waals surface area contributed by atoms with Gasteiger partial charge in [-0.15, -0.1) is 0 Å². The van der Waals surface area contributed by atoms with Crippen molar-refractivity contribution in [3.63, 3.8) is 0 Å². The van der Waals surface area contributed by atoms with E-state index in [9.17, 15) is 19.2 Å². The van der Waals surface area contributed by atoms with Crippen molar-refractivity contribution in [3.8, 4) is 0 Å². The van der Waals surface area contributed by atoms with E-state index in [-0.39, 0.29) is 42.6 Å². The fraction of sp³-hybridized carbons (Fsp3) is 0.457. The Morgan fingerprint density at radius 3 is 2.02 bits per heavy atom. The number of nitrogens with zero attached hydrogens (tertiary/aromatic N) is 1. The van der Waals surface area contributed by atoms with Gasteiger partial charge in [-0.1, -0.05) is 13.8 Å². The second-order valence-corrected chi connectivity index (χ2v) is 11.6. The van der Waals surface area contributed by atoms with Crippen molar-refractivity contribution in [1.82, 2.24) is 15.3 Å². The van der Waals surface area contributed by atoms with Gasteiger partial charge in [-0.3, -0.25) is 19.2 Å². The van der Waals surface area contributed by atoms with Crippen molar-refractivity contribution in [1.29, 1.82) is 0 Å². The summed E-state index contributed by atoms with van der Waals surface area (Å²) in [6.07, 6.45) is 7.18. The van der Waals surface area contributed by atoms with Gasteiger partial charge < -0.3 is 24.8 Å². The third-order valence-electron chi connectivity index (χ3n) is 9.15. The summed E-state index contributed by atoms with van der Waals surface area (Å²) < 4.78 is 9.85. The molecule has 0 fully saturated rings. The Labute approximate surface area is 263 Å². The zero-order valence-electron chi connectivity index (χ0n) is 27.6. The van der Waals surface area contributed by atoms with Gasteiger partial charge in [0.2, 0.25) is 5.91 Å². The molecule has 2 aliphatic heterocycles. The number of ether oxygens (including phenoxy) is 2. The molecule has 2 aromatic heterocycles. The Morgan fingerprint density at radius 1 is 0.822 bits per heavy atom. The molecule has 3 N–H and O–H groups in total. The van der Waals surface area contributed by atoms with Crippen LogP contribution in [0.25, 0.3) is 12.2 Å². The van der Waals surface area contributed by atoms with Crippen LogP contribution in [0.3, 0.4) is 0 Å². The van der Waals surface area contributed by atoms with Gasteiger partial charge in [0.05, 0.1) is 26.0 Å². The van der Waals surface area contributed by atoms with Crippen LogP contribution in [0.4, 0.5) is 0 Å². The highest BCUT2D eigenvalue weighted by Crippen LogP contribution is 2.27. The summed E-state index contributed by atoms with van der Waals surface area (Å²) in [5, 5.41) is 4.71. The van der Waals surface area contributed by atoms with Crippen molar-refractivity contribution in [2.45, 2.75) is 92.5 Å². The molecule has 0 aliphatic carbocycles. The summed E-state index contributed by atoms with van der Waals surface area (Å²) in [6.45, 7) is 11.8. The Kier molecular flexibility index (Phi) is 10.5. The summed E-state index contributed by atoms with van der Waals surface area (Å²) in [5.41, 5.74) is 9.78. The van der Waals surface area contributed by atoms with Gasteiger partial charge in [-0.25, -0.2) is 4.99 Å². The average Bonchev–Trinajstić information content (AvgIpc) is 3.66. The SMILES string of the molecule is CCC1=C(C)C(=O)N=C1C=c1[nH]c(=Cc2[nH]c(C[C@H]3NC(=O)C(CC)=C3C)c(C)c2CCC(=O)OC)c(CCC(=O)OC)c1C. The van der Waals surface area contributed by atoms with Crippen LogP contribution in [0.15, 0.2) is 27.3 Å². The number of nitrogens with one attached hydrogen (secondary N) is 3. The van der Waals surface area contributed by atoms with Crippen LogP contribution in [-0.4, -0.2) is 59.7 Å². The van der Waals surface area contributed by atoms with Gasteiger partial charge in [0.25, 0.3) is 5.91 Å². The number of H-pyrrole nitrogens is 2.